The van der Waals surface area contributed by atoms with Crippen molar-refractivity contribution in [3.8, 4) is 0 Å². The predicted octanol–water partition coefficient (Wildman–Crippen LogP) is 2.27. The Kier molecular flexibility index (Phi) is 3.99. The summed E-state index contributed by atoms with van der Waals surface area (Å²) in [7, 11) is 0. The summed E-state index contributed by atoms with van der Waals surface area (Å²) in [6, 6.07) is 5.32. The van der Waals surface area contributed by atoms with Crippen LogP contribution in [0.1, 0.15) is 13.3 Å². The van der Waals surface area contributed by atoms with Crippen molar-refractivity contribution in [3.63, 3.8) is 0 Å². The lowest BCUT2D eigenvalue weighted by Gasteiger charge is -2.09. The number of carboxylic acid groups (broad SMARTS) is 1. The highest BCUT2D eigenvalue weighted by Gasteiger charge is 2.12. The molecule has 19 heavy (non-hydrogen) atoms. The van der Waals surface area contributed by atoms with Crippen molar-refractivity contribution in [1.29, 1.82) is 0 Å². The summed E-state index contributed by atoms with van der Waals surface area (Å²) in [6.45, 7) is 1.97. The van der Waals surface area contributed by atoms with E-state index in [0.29, 0.717) is 23.9 Å². The topological polar surface area (TPSA) is 72.2 Å². The molecule has 1 atom stereocenters. The highest BCUT2D eigenvalue weighted by Crippen LogP contribution is 2.15. The molecule has 1 heterocycles. The molecule has 0 amide bonds. The third kappa shape index (κ3) is 3.01. The van der Waals surface area contributed by atoms with Crippen LogP contribution in [-0.4, -0.2) is 20.6 Å². The minimum Gasteiger partial charge on any atom is -0.481 e. The van der Waals surface area contributed by atoms with Gasteiger partial charge in [0, 0.05) is 11.0 Å². The summed E-state index contributed by atoms with van der Waals surface area (Å²) in [6.07, 6.45) is 1.86. The molecule has 2 rings (SSSR count). The van der Waals surface area contributed by atoms with Crippen LogP contribution in [0.2, 0.25) is 0 Å². The van der Waals surface area contributed by atoms with E-state index in [2.05, 4.69) is 20.9 Å². The molecule has 0 bridgehead atoms. The second-order valence-corrected chi connectivity index (χ2v) is 5.35. The number of rotatable bonds is 4. The van der Waals surface area contributed by atoms with Crippen molar-refractivity contribution < 1.29 is 9.90 Å². The molecule has 0 saturated heterocycles. The standard InChI is InChI=1S/C13H13BrN2O3/c1-8(13(18)19)4-5-16-7-15-11-3-2-9(14)6-10(11)12(16)17/h2-3,6-8H,4-5H2,1H3,(H,18,19). The fourth-order valence-corrected chi connectivity index (χ4v) is 2.11. The molecule has 0 aliphatic carbocycles. The van der Waals surface area contributed by atoms with Gasteiger partial charge in [0.2, 0.25) is 0 Å². The van der Waals surface area contributed by atoms with Crippen LogP contribution in [0.15, 0.2) is 33.8 Å². The van der Waals surface area contributed by atoms with Crippen LogP contribution in [0.5, 0.6) is 0 Å². The largest absolute Gasteiger partial charge is 0.481 e. The molecule has 0 fully saturated rings. The zero-order chi connectivity index (χ0) is 14.0. The molecule has 6 heteroatoms. The molecule has 0 spiro atoms. The number of carbonyl (C=O) groups is 1. The fourth-order valence-electron chi connectivity index (χ4n) is 1.75. The number of halogens is 1. The van der Waals surface area contributed by atoms with Crippen LogP contribution in [0.25, 0.3) is 10.9 Å². The van der Waals surface area contributed by atoms with E-state index in [1.807, 2.05) is 6.07 Å². The van der Waals surface area contributed by atoms with E-state index in [1.54, 1.807) is 19.1 Å². The first-order chi connectivity index (χ1) is 8.99. The molecule has 1 unspecified atom stereocenters. The zero-order valence-electron chi connectivity index (χ0n) is 10.3. The maximum atomic E-state index is 12.2. The van der Waals surface area contributed by atoms with Gasteiger partial charge in [0.25, 0.3) is 5.56 Å². The summed E-state index contributed by atoms with van der Waals surface area (Å²) in [5, 5.41) is 9.36. The van der Waals surface area contributed by atoms with E-state index >= 15 is 0 Å². The Balaban J connectivity index is 2.32. The van der Waals surface area contributed by atoms with Crippen molar-refractivity contribution in [2.24, 2.45) is 5.92 Å². The van der Waals surface area contributed by atoms with Gasteiger partial charge in [-0.05, 0) is 24.6 Å². The Hall–Kier alpha value is -1.69. The van der Waals surface area contributed by atoms with Gasteiger partial charge >= 0.3 is 5.97 Å². The lowest BCUT2D eigenvalue weighted by Crippen LogP contribution is -2.23. The predicted molar refractivity (Wildman–Crippen MR) is 75.1 cm³/mol. The van der Waals surface area contributed by atoms with E-state index < -0.39 is 11.9 Å². The van der Waals surface area contributed by atoms with Crippen molar-refractivity contribution in [2.45, 2.75) is 19.9 Å². The van der Waals surface area contributed by atoms with Gasteiger partial charge in [-0.1, -0.05) is 22.9 Å². The molecule has 100 valence electrons. The molecule has 1 N–H and O–H groups in total. The average molecular weight is 325 g/mol. The minimum atomic E-state index is -0.857. The average Bonchev–Trinajstić information content (AvgIpc) is 2.38. The summed E-state index contributed by atoms with van der Waals surface area (Å²) in [5.41, 5.74) is 0.486. The molecule has 0 radical (unpaired) electrons. The highest BCUT2D eigenvalue weighted by molar-refractivity contribution is 9.10. The Morgan fingerprint density at radius 3 is 2.95 bits per heavy atom. The Labute approximate surface area is 118 Å². The maximum Gasteiger partial charge on any atom is 0.306 e. The van der Waals surface area contributed by atoms with Crippen LogP contribution in [0.3, 0.4) is 0 Å². The first kappa shape index (κ1) is 13.7. The van der Waals surface area contributed by atoms with E-state index in [1.165, 1.54) is 10.9 Å². The summed E-state index contributed by atoms with van der Waals surface area (Å²) >= 11 is 3.32. The molecule has 1 aromatic carbocycles. The fraction of sp³-hybridized carbons (Fsp3) is 0.308. The number of fused-ring (bicyclic) bond motifs is 1. The van der Waals surface area contributed by atoms with Gasteiger partial charge in [-0.3, -0.25) is 14.2 Å². The van der Waals surface area contributed by atoms with E-state index in [4.69, 9.17) is 5.11 Å². The Bertz CT molecular complexity index is 681. The number of aromatic nitrogens is 2. The van der Waals surface area contributed by atoms with Crippen molar-refractivity contribution >= 4 is 32.8 Å². The van der Waals surface area contributed by atoms with E-state index in [9.17, 15) is 9.59 Å². The second kappa shape index (κ2) is 5.52. The van der Waals surface area contributed by atoms with Gasteiger partial charge in [0.15, 0.2) is 0 Å². The van der Waals surface area contributed by atoms with Gasteiger partial charge in [-0.2, -0.15) is 0 Å². The molecular formula is C13H13BrN2O3. The molecule has 2 aromatic rings. The van der Waals surface area contributed by atoms with E-state index in [0.717, 1.165) is 4.47 Å². The lowest BCUT2D eigenvalue weighted by molar-refractivity contribution is -0.141. The molecule has 0 aliphatic rings. The molecule has 0 aliphatic heterocycles. The SMILES string of the molecule is CC(CCn1cnc2ccc(Br)cc2c1=O)C(=O)O. The van der Waals surface area contributed by atoms with Crippen molar-refractivity contribution in [2.75, 3.05) is 0 Å². The zero-order valence-corrected chi connectivity index (χ0v) is 11.9. The van der Waals surface area contributed by atoms with Crippen LogP contribution >= 0.6 is 15.9 Å². The monoisotopic (exact) mass is 324 g/mol. The number of aryl methyl sites for hydroxylation is 1. The third-order valence-corrected chi connectivity index (χ3v) is 3.50. The van der Waals surface area contributed by atoms with Crippen molar-refractivity contribution in [3.05, 3.63) is 39.4 Å². The Morgan fingerprint density at radius 2 is 2.26 bits per heavy atom. The van der Waals surface area contributed by atoms with Crippen LogP contribution in [0.4, 0.5) is 0 Å². The van der Waals surface area contributed by atoms with Crippen LogP contribution < -0.4 is 5.56 Å². The normalized spacial score (nSPS) is 12.5. The molecule has 5 nitrogen and oxygen atoms in total. The number of aliphatic carboxylic acids is 1. The summed E-state index contributed by atoms with van der Waals surface area (Å²) < 4.78 is 2.27. The smallest absolute Gasteiger partial charge is 0.306 e. The number of carboxylic acids is 1. The van der Waals surface area contributed by atoms with Crippen LogP contribution in [0, 0.1) is 5.92 Å². The molecule has 1 aromatic heterocycles. The van der Waals surface area contributed by atoms with Crippen LogP contribution in [-0.2, 0) is 11.3 Å². The van der Waals surface area contributed by atoms with E-state index in [-0.39, 0.29) is 5.56 Å². The number of hydrogen-bond donors (Lipinski definition) is 1. The first-order valence-electron chi connectivity index (χ1n) is 5.86. The highest BCUT2D eigenvalue weighted by atomic mass is 79.9. The quantitative estimate of drug-likeness (QED) is 0.936. The lowest BCUT2D eigenvalue weighted by atomic mass is 10.1. The summed E-state index contributed by atoms with van der Waals surface area (Å²) in [4.78, 5) is 27.2. The van der Waals surface area contributed by atoms with Gasteiger partial charge < -0.3 is 5.11 Å². The summed E-state index contributed by atoms with van der Waals surface area (Å²) in [5.74, 6) is -1.34. The van der Waals surface area contributed by atoms with Crippen molar-refractivity contribution in [1.82, 2.24) is 9.55 Å². The van der Waals surface area contributed by atoms with Gasteiger partial charge in [-0.25, -0.2) is 4.98 Å². The molecular weight excluding hydrogens is 312 g/mol. The van der Waals surface area contributed by atoms with Gasteiger partial charge in [0.1, 0.15) is 0 Å². The second-order valence-electron chi connectivity index (χ2n) is 4.43. The van der Waals surface area contributed by atoms with Gasteiger partial charge in [0.05, 0.1) is 23.1 Å². The number of hydrogen-bond acceptors (Lipinski definition) is 3. The number of benzene rings is 1. The third-order valence-electron chi connectivity index (χ3n) is 3.01. The maximum absolute atomic E-state index is 12.2. The minimum absolute atomic E-state index is 0.149. The first-order valence-corrected chi connectivity index (χ1v) is 6.66. The Morgan fingerprint density at radius 1 is 1.53 bits per heavy atom. The number of nitrogens with zero attached hydrogens (tertiary/aromatic N) is 2. The molecule has 0 saturated carbocycles. The van der Waals surface area contributed by atoms with Gasteiger partial charge in [-0.15, -0.1) is 0 Å².